The number of carboxylic acids is 1. The zero-order chi connectivity index (χ0) is 16.2. The number of halogens is 3. The molecule has 0 unspecified atom stereocenters. The first-order valence-electron chi connectivity index (χ1n) is 6.85. The molecule has 1 aromatic rings. The van der Waals surface area contributed by atoms with Crippen molar-refractivity contribution in [3.8, 4) is 0 Å². The lowest BCUT2D eigenvalue weighted by atomic mass is 9.99. The zero-order valence-electron chi connectivity index (χ0n) is 12.3. The van der Waals surface area contributed by atoms with Crippen LogP contribution in [0, 0.1) is 0 Å². The van der Waals surface area contributed by atoms with Crippen LogP contribution in [-0.4, -0.2) is 16.3 Å². The second kappa shape index (κ2) is 7.20. The Balaban J connectivity index is 3.53. The summed E-state index contributed by atoms with van der Waals surface area (Å²) in [4.78, 5) is 11.3. The van der Waals surface area contributed by atoms with Crippen LogP contribution in [0.1, 0.15) is 55.1 Å². The Hall–Kier alpha value is -1.17. The van der Waals surface area contributed by atoms with E-state index in [1.807, 2.05) is 20.8 Å². The summed E-state index contributed by atoms with van der Waals surface area (Å²) in [6, 6.07) is 1.95. The second-order valence-corrected chi connectivity index (χ2v) is 6.31. The normalized spacial score (nSPS) is 13.2. The van der Waals surface area contributed by atoms with Gasteiger partial charge in [0.15, 0.2) is 0 Å². The van der Waals surface area contributed by atoms with E-state index in [0.29, 0.717) is 24.8 Å². The molecular weight excluding hydrogens is 301 g/mol. The van der Waals surface area contributed by atoms with Gasteiger partial charge in [0.2, 0.25) is 0 Å². The van der Waals surface area contributed by atoms with Crippen LogP contribution in [0.5, 0.6) is 0 Å². The number of benzene rings is 1. The number of hydrogen-bond acceptors (Lipinski definition) is 2. The fourth-order valence-electron chi connectivity index (χ4n) is 1.97. The number of thioether (sulfide) groups is 1. The van der Waals surface area contributed by atoms with Gasteiger partial charge in [-0.25, -0.2) is 4.79 Å². The quantitative estimate of drug-likeness (QED) is 0.728. The van der Waals surface area contributed by atoms with E-state index in [1.54, 1.807) is 0 Å². The summed E-state index contributed by atoms with van der Waals surface area (Å²) >= 11 is 1.11. The molecule has 0 bridgehead atoms. The lowest BCUT2D eigenvalue weighted by Crippen LogP contribution is -2.13. The van der Waals surface area contributed by atoms with E-state index in [9.17, 15) is 23.1 Å². The predicted molar refractivity (Wildman–Crippen MR) is 78.0 cm³/mol. The van der Waals surface area contributed by atoms with E-state index in [0.717, 1.165) is 23.9 Å². The Morgan fingerprint density at radius 3 is 2.38 bits per heavy atom. The van der Waals surface area contributed by atoms with Crippen molar-refractivity contribution in [2.45, 2.75) is 56.4 Å². The van der Waals surface area contributed by atoms with E-state index >= 15 is 0 Å². The van der Waals surface area contributed by atoms with Gasteiger partial charge in [0, 0.05) is 10.1 Å². The van der Waals surface area contributed by atoms with E-state index < -0.39 is 17.7 Å². The van der Waals surface area contributed by atoms with Crippen molar-refractivity contribution >= 4 is 17.7 Å². The van der Waals surface area contributed by atoms with Crippen LogP contribution >= 0.6 is 11.8 Å². The van der Waals surface area contributed by atoms with Gasteiger partial charge in [-0.15, -0.1) is 11.8 Å². The van der Waals surface area contributed by atoms with E-state index in [1.165, 1.54) is 0 Å². The van der Waals surface area contributed by atoms with Gasteiger partial charge >= 0.3 is 12.1 Å². The highest BCUT2D eigenvalue weighted by atomic mass is 32.2. The minimum absolute atomic E-state index is 0.00856. The first-order chi connectivity index (χ1) is 9.72. The van der Waals surface area contributed by atoms with Gasteiger partial charge in [0.05, 0.1) is 11.1 Å². The molecule has 0 saturated heterocycles. The highest BCUT2D eigenvalue weighted by Gasteiger charge is 2.36. The fraction of sp³-hybridized carbons (Fsp3) is 0.533. The number of carboxylic acid groups (broad SMARTS) is 1. The van der Waals surface area contributed by atoms with E-state index in [4.69, 9.17) is 0 Å². The molecule has 0 fully saturated rings. The van der Waals surface area contributed by atoms with Crippen molar-refractivity contribution in [1.29, 1.82) is 0 Å². The highest BCUT2D eigenvalue weighted by Crippen LogP contribution is 2.42. The smallest absolute Gasteiger partial charge is 0.417 e. The first kappa shape index (κ1) is 17.9. The third kappa shape index (κ3) is 4.40. The van der Waals surface area contributed by atoms with Gasteiger partial charge in [0.1, 0.15) is 0 Å². The van der Waals surface area contributed by atoms with Gasteiger partial charge < -0.3 is 5.11 Å². The summed E-state index contributed by atoms with van der Waals surface area (Å²) in [6.45, 7) is 5.56. The Bertz CT molecular complexity index is 512. The molecule has 118 valence electrons. The van der Waals surface area contributed by atoms with Crippen LogP contribution in [0.4, 0.5) is 13.2 Å². The number of alkyl halides is 3. The summed E-state index contributed by atoms with van der Waals surface area (Å²) in [5.41, 5.74) is -0.470. The average molecular weight is 320 g/mol. The average Bonchev–Trinajstić information content (AvgIpc) is 2.38. The number of rotatable bonds is 6. The van der Waals surface area contributed by atoms with Crippen molar-refractivity contribution in [2.75, 3.05) is 0 Å². The van der Waals surface area contributed by atoms with Gasteiger partial charge in [-0.2, -0.15) is 13.2 Å². The molecule has 0 spiro atoms. The lowest BCUT2D eigenvalue weighted by Gasteiger charge is -2.20. The molecule has 1 atom stereocenters. The molecule has 21 heavy (non-hydrogen) atoms. The van der Waals surface area contributed by atoms with Gasteiger partial charge in [-0.3, -0.25) is 0 Å². The third-order valence-electron chi connectivity index (χ3n) is 3.19. The minimum Gasteiger partial charge on any atom is -0.478 e. The molecule has 0 heterocycles. The van der Waals surface area contributed by atoms with Crippen molar-refractivity contribution in [3.63, 3.8) is 0 Å². The van der Waals surface area contributed by atoms with Gasteiger partial charge in [0.25, 0.3) is 0 Å². The SMILES string of the molecule is CCCc1c(C(=O)O)ccc(C(F)(F)F)c1S[C@@H](C)CC. The predicted octanol–water partition coefficient (Wildman–Crippen LogP) is 5.25. The molecule has 0 aromatic heterocycles. The highest BCUT2D eigenvalue weighted by molar-refractivity contribution is 8.00. The second-order valence-electron chi connectivity index (χ2n) is 4.86. The molecule has 1 rings (SSSR count). The summed E-state index contributed by atoms with van der Waals surface area (Å²) in [6.07, 6.45) is -2.85. The molecular formula is C15H19F3O2S. The molecule has 0 radical (unpaired) electrons. The maximum atomic E-state index is 13.2. The Morgan fingerprint density at radius 2 is 1.95 bits per heavy atom. The molecule has 0 amide bonds. The van der Waals surface area contributed by atoms with Crippen LogP contribution in [-0.2, 0) is 12.6 Å². The lowest BCUT2D eigenvalue weighted by molar-refractivity contribution is -0.139. The standard InChI is InChI=1S/C15H19F3O2S/c1-4-6-10-11(14(19)20)7-8-12(15(16,17)18)13(10)21-9(3)5-2/h7-9H,4-6H2,1-3H3,(H,19,20)/t9-/m0/s1. The zero-order valence-corrected chi connectivity index (χ0v) is 13.1. The fourth-order valence-corrected chi connectivity index (χ4v) is 3.20. The van der Waals surface area contributed by atoms with Crippen molar-refractivity contribution in [3.05, 3.63) is 28.8 Å². The summed E-state index contributed by atoms with van der Waals surface area (Å²) in [7, 11) is 0. The number of carbonyl (C=O) groups is 1. The Kier molecular flexibility index (Phi) is 6.13. The topological polar surface area (TPSA) is 37.3 Å². The first-order valence-corrected chi connectivity index (χ1v) is 7.73. The van der Waals surface area contributed by atoms with Gasteiger partial charge in [-0.1, -0.05) is 27.2 Å². The monoisotopic (exact) mass is 320 g/mol. The molecule has 1 N–H and O–H groups in total. The Morgan fingerprint density at radius 1 is 1.33 bits per heavy atom. The maximum absolute atomic E-state index is 13.2. The van der Waals surface area contributed by atoms with Crippen LogP contribution in [0.25, 0.3) is 0 Å². The van der Waals surface area contributed by atoms with Crippen molar-refractivity contribution in [1.82, 2.24) is 0 Å². The molecule has 0 aliphatic heterocycles. The molecule has 0 saturated carbocycles. The van der Waals surface area contributed by atoms with Crippen LogP contribution < -0.4 is 0 Å². The van der Waals surface area contributed by atoms with Crippen LogP contribution in [0.2, 0.25) is 0 Å². The van der Waals surface area contributed by atoms with Crippen LogP contribution in [0.3, 0.4) is 0 Å². The molecule has 0 aliphatic carbocycles. The molecule has 2 nitrogen and oxygen atoms in total. The minimum atomic E-state index is -4.48. The number of aromatic carboxylic acids is 1. The summed E-state index contributed by atoms with van der Waals surface area (Å²) in [5, 5.41) is 9.20. The largest absolute Gasteiger partial charge is 0.478 e. The van der Waals surface area contributed by atoms with Crippen LogP contribution in [0.15, 0.2) is 17.0 Å². The molecule has 6 heteroatoms. The van der Waals surface area contributed by atoms with Gasteiger partial charge in [-0.05, 0) is 30.5 Å². The molecule has 1 aromatic carbocycles. The summed E-state index contributed by atoms with van der Waals surface area (Å²) in [5.74, 6) is -1.18. The maximum Gasteiger partial charge on any atom is 0.417 e. The van der Waals surface area contributed by atoms with Crippen molar-refractivity contribution < 1.29 is 23.1 Å². The van der Waals surface area contributed by atoms with E-state index in [-0.39, 0.29) is 15.7 Å². The summed E-state index contributed by atoms with van der Waals surface area (Å²) < 4.78 is 39.6. The third-order valence-corrected chi connectivity index (χ3v) is 4.63. The van der Waals surface area contributed by atoms with Crippen molar-refractivity contribution in [2.24, 2.45) is 0 Å². The van der Waals surface area contributed by atoms with E-state index in [2.05, 4.69) is 0 Å². The number of hydrogen-bond donors (Lipinski definition) is 1. The molecule has 0 aliphatic rings. The Labute approximate surface area is 126 Å².